The molecule has 184 valence electrons. The molecule has 0 aromatic rings. The van der Waals surface area contributed by atoms with Crippen molar-refractivity contribution in [1.29, 1.82) is 0 Å². The number of ketones is 2. The fraction of sp³-hybridized carbons (Fsp3) is 0.731. The minimum absolute atomic E-state index is 0.00912. The van der Waals surface area contributed by atoms with Crippen LogP contribution < -0.4 is 0 Å². The number of allylic oxidation sites excluding steroid dienone is 4. The molecule has 4 rings (SSSR count). The van der Waals surface area contributed by atoms with Gasteiger partial charge >= 0.3 is 5.97 Å². The predicted octanol–water partition coefficient (Wildman–Crippen LogP) is 2.67. The first-order valence-electron chi connectivity index (χ1n) is 11.8. The lowest BCUT2D eigenvalue weighted by Crippen LogP contribution is -2.61. The first-order chi connectivity index (χ1) is 15.1. The Balaban J connectivity index is 0.000000383. The van der Waals surface area contributed by atoms with E-state index in [2.05, 4.69) is 6.92 Å². The van der Waals surface area contributed by atoms with E-state index >= 15 is 0 Å². The standard InChI is InChI=1S/C21H28O5.C5H10O2/c1-19-7-5-13(23)9-12(19)3-4-14-15-6-8-21(26,17(25)11-22)20(15,2)10-16(24)18(14)19;1-5(2,3)4(6)7/h5,7,9,14-16,18,22,24,26H,3-4,6,8,10-11H2,1-2H3;1-3H3,(H,6,7)/t14-,15-,16-,18+,19-,20-,21-;/m0./s1. The van der Waals surface area contributed by atoms with E-state index in [-0.39, 0.29) is 29.0 Å². The van der Waals surface area contributed by atoms with Crippen molar-refractivity contribution in [3.63, 3.8) is 0 Å². The quantitative estimate of drug-likeness (QED) is 0.496. The third kappa shape index (κ3) is 4.02. The Labute approximate surface area is 195 Å². The number of hydrogen-bond donors (Lipinski definition) is 4. The highest BCUT2D eigenvalue weighted by Crippen LogP contribution is 2.67. The highest BCUT2D eigenvalue weighted by Gasteiger charge is 2.67. The van der Waals surface area contributed by atoms with Crippen LogP contribution in [0.4, 0.5) is 0 Å². The summed E-state index contributed by atoms with van der Waals surface area (Å²) >= 11 is 0. The molecule has 0 radical (unpaired) electrons. The van der Waals surface area contributed by atoms with Gasteiger partial charge in [0.1, 0.15) is 12.2 Å². The summed E-state index contributed by atoms with van der Waals surface area (Å²) in [5.74, 6) is -0.983. The number of aliphatic hydroxyl groups excluding tert-OH is 2. The third-order valence-electron chi connectivity index (χ3n) is 8.89. The van der Waals surface area contributed by atoms with Crippen molar-refractivity contribution in [3.8, 4) is 0 Å². The molecular weight excluding hydrogens is 424 g/mol. The van der Waals surface area contributed by atoms with E-state index < -0.39 is 40.9 Å². The first-order valence-corrected chi connectivity index (χ1v) is 11.8. The van der Waals surface area contributed by atoms with Crippen LogP contribution in [0.3, 0.4) is 0 Å². The molecule has 4 N–H and O–H groups in total. The van der Waals surface area contributed by atoms with Gasteiger partial charge in [-0.3, -0.25) is 14.4 Å². The van der Waals surface area contributed by atoms with Gasteiger partial charge in [0, 0.05) is 16.7 Å². The van der Waals surface area contributed by atoms with Crippen LogP contribution >= 0.6 is 0 Å². The van der Waals surface area contributed by atoms with Crippen molar-refractivity contribution >= 4 is 17.5 Å². The zero-order chi connectivity index (χ0) is 25.0. The molecular formula is C26H38O7. The van der Waals surface area contributed by atoms with Gasteiger partial charge in [0.25, 0.3) is 0 Å². The lowest BCUT2D eigenvalue weighted by Gasteiger charge is -2.59. The van der Waals surface area contributed by atoms with E-state index in [1.807, 2.05) is 13.0 Å². The van der Waals surface area contributed by atoms with Crippen LogP contribution in [-0.4, -0.2) is 56.3 Å². The van der Waals surface area contributed by atoms with Crippen molar-refractivity contribution in [2.24, 2.45) is 34.0 Å². The Morgan fingerprint density at radius 1 is 1.18 bits per heavy atom. The van der Waals surface area contributed by atoms with Crippen molar-refractivity contribution in [2.45, 2.75) is 78.4 Å². The Kier molecular flexibility index (Phi) is 6.59. The summed E-state index contributed by atoms with van der Waals surface area (Å²) in [5, 5.41) is 39.9. The van der Waals surface area contributed by atoms with Crippen LogP contribution in [0.25, 0.3) is 0 Å². The zero-order valence-corrected chi connectivity index (χ0v) is 20.3. The fourth-order valence-corrected chi connectivity index (χ4v) is 6.92. The van der Waals surface area contributed by atoms with Gasteiger partial charge in [0.2, 0.25) is 0 Å². The fourth-order valence-electron chi connectivity index (χ4n) is 6.92. The second kappa shape index (κ2) is 8.43. The maximum atomic E-state index is 12.4. The molecule has 0 heterocycles. The highest BCUT2D eigenvalue weighted by molar-refractivity contribution is 6.01. The smallest absolute Gasteiger partial charge is 0.308 e. The maximum absolute atomic E-state index is 12.4. The number of carboxylic acids is 1. The molecule has 0 aromatic carbocycles. The molecule has 7 heteroatoms. The molecule has 4 aliphatic carbocycles. The van der Waals surface area contributed by atoms with E-state index in [9.17, 15) is 29.7 Å². The van der Waals surface area contributed by atoms with E-state index in [1.54, 1.807) is 32.9 Å². The number of carbonyl (C=O) groups excluding carboxylic acids is 2. The molecule has 0 amide bonds. The van der Waals surface area contributed by atoms with Gasteiger partial charge in [-0.15, -0.1) is 0 Å². The third-order valence-corrected chi connectivity index (χ3v) is 8.89. The molecule has 0 saturated heterocycles. The number of fused-ring (bicyclic) bond motifs is 5. The molecule has 0 bridgehead atoms. The van der Waals surface area contributed by atoms with E-state index in [0.29, 0.717) is 12.8 Å². The summed E-state index contributed by atoms with van der Waals surface area (Å²) < 4.78 is 0. The zero-order valence-electron chi connectivity index (χ0n) is 20.3. The molecule has 4 aliphatic rings. The van der Waals surface area contributed by atoms with Crippen LogP contribution in [0.15, 0.2) is 23.8 Å². The topological polar surface area (TPSA) is 132 Å². The second-order valence-electron chi connectivity index (χ2n) is 11.7. The number of carbonyl (C=O) groups is 3. The lowest BCUT2D eigenvalue weighted by molar-refractivity contribution is -0.178. The number of hydrogen-bond acceptors (Lipinski definition) is 6. The van der Waals surface area contributed by atoms with Crippen LogP contribution in [-0.2, 0) is 14.4 Å². The molecule has 0 unspecified atom stereocenters. The van der Waals surface area contributed by atoms with Gasteiger partial charge in [-0.25, -0.2) is 0 Å². The number of carboxylic acid groups (broad SMARTS) is 1. The first kappa shape index (κ1) is 25.8. The Morgan fingerprint density at radius 3 is 2.33 bits per heavy atom. The van der Waals surface area contributed by atoms with Gasteiger partial charge in [0.15, 0.2) is 11.6 Å². The van der Waals surface area contributed by atoms with Gasteiger partial charge in [-0.1, -0.05) is 25.5 Å². The maximum Gasteiger partial charge on any atom is 0.308 e. The molecule has 0 spiro atoms. The summed E-state index contributed by atoms with van der Waals surface area (Å²) in [7, 11) is 0. The molecule has 3 saturated carbocycles. The summed E-state index contributed by atoms with van der Waals surface area (Å²) in [6.07, 6.45) is 7.68. The van der Waals surface area contributed by atoms with Gasteiger partial charge < -0.3 is 20.4 Å². The number of Topliss-reactive ketones (excluding diaryl/α,β-unsaturated/α-hetero) is 1. The minimum Gasteiger partial charge on any atom is -0.481 e. The lowest BCUT2D eigenvalue weighted by atomic mass is 9.46. The van der Waals surface area contributed by atoms with Crippen molar-refractivity contribution < 1.29 is 34.8 Å². The highest BCUT2D eigenvalue weighted by atomic mass is 16.4. The number of rotatable bonds is 2. The molecule has 0 aliphatic heterocycles. The largest absolute Gasteiger partial charge is 0.481 e. The van der Waals surface area contributed by atoms with Crippen LogP contribution in [0.5, 0.6) is 0 Å². The van der Waals surface area contributed by atoms with Crippen molar-refractivity contribution in [2.75, 3.05) is 6.61 Å². The normalized spacial score (nSPS) is 41.7. The van der Waals surface area contributed by atoms with Crippen molar-refractivity contribution in [1.82, 2.24) is 0 Å². The second-order valence-corrected chi connectivity index (χ2v) is 11.7. The molecule has 3 fully saturated rings. The van der Waals surface area contributed by atoms with E-state index in [4.69, 9.17) is 5.11 Å². The monoisotopic (exact) mass is 462 g/mol. The SMILES string of the molecule is CC(C)(C)C(=O)O.C[C@]12C=CC(=O)C=C1CC[C@@H]1[C@@H]2[C@@H](O)C[C@@]2(C)[C@H]1CC[C@]2(O)C(=O)CO. The summed E-state index contributed by atoms with van der Waals surface area (Å²) in [4.78, 5) is 34.2. The van der Waals surface area contributed by atoms with Crippen LogP contribution in [0.2, 0.25) is 0 Å². The van der Waals surface area contributed by atoms with Crippen molar-refractivity contribution in [3.05, 3.63) is 23.8 Å². The number of aliphatic hydroxyl groups is 3. The summed E-state index contributed by atoms with van der Waals surface area (Å²) in [5.41, 5.74) is -2.12. The predicted molar refractivity (Wildman–Crippen MR) is 122 cm³/mol. The van der Waals surface area contributed by atoms with Crippen LogP contribution in [0, 0.1) is 34.0 Å². The van der Waals surface area contributed by atoms with Gasteiger partial charge in [-0.2, -0.15) is 0 Å². The Bertz CT molecular complexity index is 897. The molecule has 7 atom stereocenters. The summed E-state index contributed by atoms with van der Waals surface area (Å²) in [6, 6.07) is 0. The Morgan fingerprint density at radius 2 is 1.79 bits per heavy atom. The number of aliphatic carboxylic acids is 1. The molecule has 0 aromatic heterocycles. The van der Waals surface area contributed by atoms with E-state index in [1.165, 1.54) is 0 Å². The Hall–Kier alpha value is -1.83. The summed E-state index contributed by atoms with van der Waals surface area (Å²) in [6.45, 7) is 8.33. The molecule has 33 heavy (non-hydrogen) atoms. The van der Waals surface area contributed by atoms with Gasteiger partial charge in [-0.05, 0) is 76.9 Å². The average Bonchev–Trinajstić information content (AvgIpc) is 2.99. The average molecular weight is 463 g/mol. The van der Waals surface area contributed by atoms with Crippen LogP contribution in [0.1, 0.15) is 66.7 Å². The van der Waals surface area contributed by atoms with Gasteiger partial charge in [0.05, 0.1) is 11.5 Å². The van der Waals surface area contributed by atoms with E-state index in [0.717, 1.165) is 24.8 Å². The minimum atomic E-state index is -1.56. The molecule has 7 nitrogen and oxygen atoms in total.